The van der Waals surface area contributed by atoms with Crippen molar-refractivity contribution in [3.8, 4) is 5.75 Å². The van der Waals surface area contributed by atoms with Gasteiger partial charge < -0.3 is 15.0 Å². The first-order chi connectivity index (χ1) is 16.0. The van der Waals surface area contributed by atoms with Crippen molar-refractivity contribution in [1.82, 2.24) is 10.2 Å². The molecule has 1 aliphatic carbocycles. The summed E-state index contributed by atoms with van der Waals surface area (Å²) >= 11 is 7.43. The minimum absolute atomic E-state index is 0.0530. The van der Waals surface area contributed by atoms with E-state index in [1.807, 2.05) is 55.5 Å². The number of halogens is 1. The standard InChI is InChI=1S/C26H33ClN2O3S/c1-3-24(26(31)28-21-7-5-4-6-8-21)29(17-19-9-13-22(32-2)14-10-19)25(30)18-33-23-15-11-20(27)12-16-23/h9-16,21,24H,3-8,17-18H2,1-2H3,(H,28,31). The van der Waals surface area contributed by atoms with Crippen LogP contribution in [0.1, 0.15) is 51.0 Å². The van der Waals surface area contributed by atoms with E-state index in [1.54, 1.807) is 12.0 Å². The predicted molar refractivity (Wildman–Crippen MR) is 135 cm³/mol. The monoisotopic (exact) mass is 488 g/mol. The highest BCUT2D eigenvalue weighted by atomic mass is 35.5. The van der Waals surface area contributed by atoms with Gasteiger partial charge in [0.05, 0.1) is 12.9 Å². The van der Waals surface area contributed by atoms with Crippen LogP contribution < -0.4 is 10.1 Å². The van der Waals surface area contributed by atoms with Gasteiger partial charge in [0.25, 0.3) is 0 Å². The zero-order valence-corrected chi connectivity index (χ0v) is 21.0. The maximum atomic E-state index is 13.4. The highest BCUT2D eigenvalue weighted by molar-refractivity contribution is 8.00. The lowest BCUT2D eigenvalue weighted by Crippen LogP contribution is -2.52. The number of amides is 2. The molecule has 0 aliphatic heterocycles. The van der Waals surface area contributed by atoms with Crippen LogP contribution in [0.5, 0.6) is 5.75 Å². The van der Waals surface area contributed by atoms with Crippen LogP contribution in [0.15, 0.2) is 53.4 Å². The van der Waals surface area contributed by atoms with Gasteiger partial charge in [-0.2, -0.15) is 0 Å². The van der Waals surface area contributed by atoms with Crippen LogP contribution in [0.4, 0.5) is 0 Å². The van der Waals surface area contributed by atoms with Crippen molar-refractivity contribution in [2.45, 2.75) is 69.0 Å². The Balaban J connectivity index is 1.74. The summed E-state index contributed by atoms with van der Waals surface area (Å²) in [6, 6.07) is 14.8. The van der Waals surface area contributed by atoms with Gasteiger partial charge in [-0.1, -0.05) is 49.9 Å². The lowest BCUT2D eigenvalue weighted by atomic mass is 9.95. The van der Waals surface area contributed by atoms with E-state index >= 15 is 0 Å². The largest absolute Gasteiger partial charge is 0.497 e. The van der Waals surface area contributed by atoms with Gasteiger partial charge >= 0.3 is 0 Å². The van der Waals surface area contributed by atoms with E-state index in [0.717, 1.165) is 41.9 Å². The summed E-state index contributed by atoms with van der Waals surface area (Å²) in [4.78, 5) is 29.3. The smallest absolute Gasteiger partial charge is 0.243 e. The Morgan fingerprint density at radius 1 is 1.09 bits per heavy atom. The van der Waals surface area contributed by atoms with E-state index in [-0.39, 0.29) is 23.6 Å². The molecule has 0 heterocycles. The Hall–Kier alpha value is -2.18. The maximum Gasteiger partial charge on any atom is 0.243 e. The van der Waals surface area contributed by atoms with Gasteiger partial charge in [-0.25, -0.2) is 0 Å². The number of hydrogen-bond donors (Lipinski definition) is 1. The summed E-state index contributed by atoms with van der Waals surface area (Å²) in [6.45, 7) is 2.34. The van der Waals surface area contributed by atoms with E-state index in [1.165, 1.54) is 18.2 Å². The molecule has 1 saturated carbocycles. The molecule has 1 atom stereocenters. The van der Waals surface area contributed by atoms with Crippen LogP contribution in [-0.2, 0) is 16.1 Å². The number of benzene rings is 2. The summed E-state index contributed by atoms with van der Waals surface area (Å²) in [5.74, 6) is 0.904. The fourth-order valence-electron chi connectivity index (χ4n) is 4.15. The Morgan fingerprint density at radius 2 is 1.76 bits per heavy atom. The molecular weight excluding hydrogens is 456 g/mol. The van der Waals surface area contributed by atoms with Crippen LogP contribution in [0.2, 0.25) is 5.02 Å². The Bertz CT molecular complexity index is 899. The van der Waals surface area contributed by atoms with Crippen molar-refractivity contribution in [3.63, 3.8) is 0 Å². The van der Waals surface area contributed by atoms with Gasteiger partial charge in [-0.3, -0.25) is 9.59 Å². The number of methoxy groups -OCH3 is 1. The fraction of sp³-hybridized carbons (Fsp3) is 0.462. The quantitative estimate of drug-likeness (QED) is 0.436. The molecule has 0 saturated heterocycles. The Labute approximate surface area is 206 Å². The average Bonchev–Trinajstić information content (AvgIpc) is 2.84. The van der Waals surface area contributed by atoms with E-state index in [2.05, 4.69) is 5.32 Å². The number of rotatable bonds is 10. The highest BCUT2D eigenvalue weighted by Gasteiger charge is 2.30. The van der Waals surface area contributed by atoms with E-state index in [0.29, 0.717) is 18.0 Å². The van der Waals surface area contributed by atoms with Gasteiger partial charge in [0.2, 0.25) is 11.8 Å². The third-order valence-corrected chi connectivity index (χ3v) is 7.27. The van der Waals surface area contributed by atoms with Crippen molar-refractivity contribution in [2.24, 2.45) is 0 Å². The Kier molecular flexibility index (Phi) is 9.95. The zero-order valence-electron chi connectivity index (χ0n) is 19.4. The Morgan fingerprint density at radius 3 is 2.36 bits per heavy atom. The molecule has 2 aromatic carbocycles. The number of nitrogens with zero attached hydrogens (tertiary/aromatic N) is 1. The molecule has 0 aromatic heterocycles. The molecule has 1 aliphatic rings. The number of hydrogen-bond acceptors (Lipinski definition) is 4. The minimum atomic E-state index is -0.507. The number of carbonyl (C=O) groups is 2. The molecule has 1 unspecified atom stereocenters. The average molecular weight is 489 g/mol. The van der Waals surface area contributed by atoms with Gasteiger partial charge in [-0.15, -0.1) is 11.8 Å². The highest BCUT2D eigenvalue weighted by Crippen LogP contribution is 2.23. The van der Waals surface area contributed by atoms with Gasteiger partial charge in [0.1, 0.15) is 11.8 Å². The van der Waals surface area contributed by atoms with Crippen molar-refractivity contribution >= 4 is 35.2 Å². The normalized spacial score (nSPS) is 15.0. The third-order valence-electron chi connectivity index (χ3n) is 6.03. The lowest BCUT2D eigenvalue weighted by Gasteiger charge is -2.32. The van der Waals surface area contributed by atoms with Crippen LogP contribution in [0, 0.1) is 0 Å². The molecule has 5 nitrogen and oxygen atoms in total. The molecule has 0 radical (unpaired) electrons. The summed E-state index contributed by atoms with van der Waals surface area (Å²) < 4.78 is 5.25. The van der Waals surface area contributed by atoms with Gasteiger partial charge in [-0.05, 0) is 61.2 Å². The first kappa shape index (κ1) is 25.4. The first-order valence-corrected chi connectivity index (χ1v) is 13.0. The molecule has 3 rings (SSSR count). The van der Waals surface area contributed by atoms with Gasteiger partial charge in [0, 0.05) is 22.5 Å². The maximum absolute atomic E-state index is 13.4. The van der Waals surface area contributed by atoms with E-state index in [9.17, 15) is 9.59 Å². The summed E-state index contributed by atoms with van der Waals surface area (Å²) in [6.07, 6.45) is 6.11. The molecule has 1 N–H and O–H groups in total. The van der Waals surface area contributed by atoms with Crippen molar-refractivity contribution < 1.29 is 14.3 Å². The molecule has 0 spiro atoms. The summed E-state index contributed by atoms with van der Waals surface area (Å²) in [5.41, 5.74) is 0.963. The fourth-order valence-corrected chi connectivity index (χ4v) is 5.06. The van der Waals surface area contributed by atoms with Crippen molar-refractivity contribution in [3.05, 3.63) is 59.1 Å². The number of thioether (sulfide) groups is 1. The lowest BCUT2D eigenvalue weighted by molar-refractivity contribution is -0.139. The van der Waals surface area contributed by atoms with Gasteiger partial charge in [0.15, 0.2) is 0 Å². The first-order valence-electron chi connectivity index (χ1n) is 11.6. The topological polar surface area (TPSA) is 58.6 Å². The molecule has 2 aromatic rings. The second kappa shape index (κ2) is 12.9. The third kappa shape index (κ3) is 7.68. The molecular formula is C26H33ClN2O3S. The molecule has 7 heteroatoms. The van der Waals surface area contributed by atoms with Crippen LogP contribution in [0.3, 0.4) is 0 Å². The molecule has 1 fully saturated rings. The van der Waals surface area contributed by atoms with E-state index in [4.69, 9.17) is 16.3 Å². The SMILES string of the molecule is CCC(C(=O)NC1CCCCC1)N(Cc1ccc(OC)cc1)C(=O)CSc1ccc(Cl)cc1. The van der Waals surface area contributed by atoms with Crippen LogP contribution in [-0.4, -0.2) is 41.7 Å². The number of ether oxygens (including phenoxy) is 1. The number of nitrogens with one attached hydrogen (secondary N) is 1. The molecule has 178 valence electrons. The zero-order chi connectivity index (χ0) is 23.6. The summed E-state index contributed by atoms with van der Waals surface area (Å²) in [7, 11) is 1.63. The summed E-state index contributed by atoms with van der Waals surface area (Å²) in [5, 5.41) is 3.88. The van der Waals surface area contributed by atoms with Crippen molar-refractivity contribution in [2.75, 3.05) is 12.9 Å². The van der Waals surface area contributed by atoms with Crippen molar-refractivity contribution in [1.29, 1.82) is 0 Å². The van der Waals surface area contributed by atoms with E-state index < -0.39 is 6.04 Å². The second-order valence-corrected chi connectivity index (χ2v) is 9.87. The number of carbonyl (C=O) groups excluding carboxylic acids is 2. The van der Waals surface area contributed by atoms with Crippen LogP contribution in [0.25, 0.3) is 0 Å². The predicted octanol–water partition coefficient (Wildman–Crippen LogP) is 5.70. The molecule has 2 amide bonds. The minimum Gasteiger partial charge on any atom is -0.497 e. The molecule has 33 heavy (non-hydrogen) atoms. The van der Waals surface area contributed by atoms with Crippen LogP contribution >= 0.6 is 23.4 Å². The second-order valence-electron chi connectivity index (χ2n) is 8.38. The molecule has 0 bridgehead atoms.